The highest BCUT2D eigenvalue weighted by atomic mass is 16.7. The van der Waals surface area contributed by atoms with Gasteiger partial charge >= 0.3 is 0 Å². The van der Waals surface area contributed by atoms with Crippen LogP contribution >= 0.6 is 0 Å². The fourth-order valence-corrected chi connectivity index (χ4v) is 2.86. The molecule has 1 N–H and O–H groups in total. The predicted molar refractivity (Wildman–Crippen MR) is 99.6 cm³/mol. The number of azide groups is 1. The minimum Gasteiger partial charge on any atom is -0.391 e. The first-order valence-electron chi connectivity index (χ1n) is 8.87. The summed E-state index contributed by atoms with van der Waals surface area (Å²) in [5.41, 5.74) is 9.85. The van der Waals surface area contributed by atoms with Crippen molar-refractivity contribution in [1.29, 1.82) is 0 Å². The molecule has 1 aliphatic heterocycles. The minimum absolute atomic E-state index is 0.147. The number of epoxide rings is 1. The maximum absolute atomic E-state index is 10.2. The molecule has 1 heterocycles. The van der Waals surface area contributed by atoms with Crippen molar-refractivity contribution in [2.45, 2.75) is 37.6 Å². The van der Waals surface area contributed by atoms with E-state index in [-0.39, 0.29) is 19.3 Å². The van der Waals surface area contributed by atoms with E-state index in [1.54, 1.807) is 0 Å². The molecule has 0 amide bonds. The number of hydrogen-bond acceptors (Lipinski definition) is 5. The van der Waals surface area contributed by atoms with Crippen molar-refractivity contribution in [3.63, 3.8) is 0 Å². The van der Waals surface area contributed by atoms with Gasteiger partial charge in [-0.3, -0.25) is 0 Å². The molecule has 1 fully saturated rings. The van der Waals surface area contributed by atoms with Crippen molar-refractivity contribution in [2.75, 3.05) is 13.2 Å². The Bertz CT molecular complexity index is 752. The molecule has 2 aromatic carbocycles. The summed E-state index contributed by atoms with van der Waals surface area (Å²) in [5.74, 6) is 0. The van der Waals surface area contributed by atoms with Gasteiger partial charge in [0.2, 0.25) is 0 Å². The van der Waals surface area contributed by atoms with Crippen LogP contribution in [0.25, 0.3) is 10.4 Å². The van der Waals surface area contributed by atoms with E-state index in [0.717, 1.165) is 11.1 Å². The smallest absolute Gasteiger partial charge is 0.196 e. The lowest BCUT2D eigenvalue weighted by Gasteiger charge is -2.12. The Hall–Kier alpha value is -2.41. The Labute approximate surface area is 158 Å². The van der Waals surface area contributed by atoms with Crippen LogP contribution in [-0.2, 0) is 27.4 Å². The van der Waals surface area contributed by atoms with E-state index in [1.807, 2.05) is 60.7 Å². The van der Waals surface area contributed by atoms with Crippen molar-refractivity contribution in [2.24, 2.45) is 5.11 Å². The maximum Gasteiger partial charge on any atom is 0.196 e. The normalized spacial score (nSPS) is 22.0. The van der Waals surface area contributed by atoms with E-state index in [0.29, 0.717) is 19.6 Å². The standard InChI is InChI=1S/C20H23N3O4/c21-23-22-20(15-26-13-17-9-5-2-6-10-17)19(27-20)11-18(24)14-25-12-16-7-3-1-4-8-16/h1-10,18-19,24H,11-15H2. The number of rotatable bonds is 11. The maximum atomic E-state index is 10.2. The number of nitrogens with zero attached hydrogens (tertiary/aromatic N) is 3. The van der Waals surface area contributed by atoms with Gasteiger partial charge in [-0.1, -0.05) is 65.8 Å². The molecule has 2 aromatic rings. The summed E-state index contributed by atoms with van der Waals surface area (Å²) >= 11 is 0. The summed E-state index contributed by atoms with van der Waals surface area (Å²) < 4.78 is 16.7. The molecule has 0 bridgehead atoms. The Morgan fingerprint density at radius 3 is 2.22 bits per heavy atom. The molecule has 3 unspecified atom stereocenters. The van der Waals surface area contributed by atoms with Gasteiger partial charge < -0.3 is 19.3 Å². The van der Waals surface area contributed by atoms with Crippen LogP contribution in [0.2, 0.25) is 0 Å². The number of aliphatic hydroxyl groups excluding tert-OH is 1. The summed E-state index contributed by atoms with van der Waals surface area (Å²) in [6.07, 6.45) is -0.759. The highest BCUT2D eigenvalue weighted by molar-refractivity contribution is 5.14. The summed E-state index contributed by atoms with van der Waals surface area (Å²) in [7, 11) is 0. The Morgan fingerprint density at radius 1 is 1.04 bits per heavy atom. The fourth-order valence-electron chi connectivity index (χ4n) is 2.86. The van der Waals surface area contributed by atoms with E-state index in [1.165, 1.54) is 0 Å². The molecule has 0 radical (unpaired) electrons. The monoisotopic (exact) mass is 369 g/mol. The molecule has 3 rings (SSSR count). The Kier molecular flexibility index (Phi) is 6.81. The first kappa shape index (κ1) is 19.4. The second-order valence-corrected chi connectivity index (χ2v) is 6.51. The Morgan fingerprint density at radius 2 is 1.63 bits per heavy atom. The quantitative estimate of drug-likeness (QED) is 0.283. The van der Waals surface area contributed by atoms with Gasteiger partial charge in [0.05, 0.1) is 38.6 Å². The number of aliphatic hydroxyl groups is 1. The van der Waals surface area contributed by atoms with Crippen LogP contribution in [0.3, 0.4) is 0 Å². The van der Waals surface area contributed by atoms with Crippen LogP contribution in [0.1, 0.15) is 17.5 Å². The third-order valence-corrected chi connectivity index (χ3v) is 4.33. The van der Waals surface area contributed by atoms with Gasteiger partial charge in [-0.2, -0.15) is 0 Å². The topological polar surface area (TPSA) is 100.0 Å². The molecular formula is C20H23N3O4. The average Bonchev–Trinajstić information content (AvgIpc) is 3.35. The lowest BCUT2D eigenvalue weighted by molar-refractivity contribution is 0.0210. The van der Waals surface area contributed by atoms with E-state index in [2.05, 4.69) is 10.0 Å². The summed E-state index contributed by atoms with van der Waals surface area (Å²) in [5, 5.41) is 13.9. The van der Waals surface area contributed by atoms with Crippen molar-refractivity contribution < 1.29 is 19.3 Å². The third kappa shape index (κ3) is 5.79. The van der Waals surface area contributed by atoms with E-state index in [4.69, 9.17) is 19.7 Å². The van der Waals surface area contributed by atoms with Crippen LogP contribution in [0.4, 0.5) is 0 Å². The molecule has 27 heavy (non-hydrogen) atoms. The first-order chi connectivity index (χ1) is 13.2. The molecule has 7 nitrogen and oxygen atoms in total. The summed E-state index contributed by atoms with van der Waals surface area (Å²) in [6.45, 7) is 1.17. The van der Waals surface area contributed by atoms with Crippen LogP contribution in [0.15, 0.2) is 65.8 Å². The highest BCUT2D eigenvalue weighted by Crippen LogP contribution is 2.41. The first-order valence-corrected chi connectivity index (χ1v) is 8.87. The van der Waals surface area contributed by atoms with Gasteiger partial charge in [0, 0.05) is 11.3 Å². The minimum atomic E-state index is -1.04. The molecule has 0 aliphatic carbocycles. The van der Waals surface area contributed by atoms with Crippen molar-refractivity contribution in [3.05, 3.63) is 82.2 Å². The zero-order valence-corrected chi connectivity index (χ0v) is 15.0. The van der Waals surface area contributed by atoms with Crippen LogP contribution < -0.4 is 0 Å². The second kappa shape index (κ2) is 9.50. The van der Waals surface area contributed by atoms with E-state index in [9.17, 15) is 5.11 Å². The molecule has 1 saturated heterocycles. The molecule has 7 heteroatoms. The highest BCUT2D eigenvalue weighted by Gasteiger charge is 2.57. The number of ether oxygens (including phenoxy) is 3. The molecule has 142 valence electrons. The van der Waals surface area contributed by atoms with Gasteiger partial charge in [0.25, 0.3) is 0 Å². The Balaban J connectivity index is 1.40. The molecule has 1 aliphatic rings. The zero-order chi connectivity index (χ0) is 19.0. The van der Waals surface area contributed by atoms with Crippen LogP contribution in [0.5, 0.6) is 0 Å². The van der Waals surface area contributed by atoms with Crippen LogP contribution in [0, 0.1) is 0 Å². The van der Waals surface area contributed by atoms with Gasteiger partial charge in [-0.15, -0.1) is 0 Å². The fraction of sp³-hybridized carbons (Fsp3) is 0.400. The SMILES string of the molecule is [N-]=[N+]=NC1(COCc2ccccc2)OC1CC(O)COCc1ccccc1. The van der Waals surface area contributed by atoms with E-state index >= 15 is 0 Å². The van der Waals surface area contributed by atoms with Crippen LogP contribution in [-0.4, -0.2) is 36.3 Å². The van der Waals surface area contributed by atoms with Gasteiger partial charge in [0.15, 0.2) is 5.72 Å². The molecule has 3 atom stereocenters. The molecule has 0 spiro atoms. The molecule has 0 saturated carbocycles. The average molecular weight is 369 g/mol. The van der Waals surface area contributed by atoms with Gasteiger partial charge in [-0.25, -0.2) is 0 Å². The van der Waals surface area contributed by atoms with E-state index < -0.39 is 11.8 Å². The third-order valence-electron chi connectivity index (χ3n) is 4.33. The van der Waals surface area contributed by atoms with Crippen molar-refractivity contribution in [3.8, 4) is 0 Å². The second-order valence-electron chi connectivity index (χ2n) is 6.51. The van der Waals surface area contributed by atoms with Crippen molar-refractivity contribution >= 4 is 0 Å². The predicted octanol–water partition coefficient (Wildman–Crippen LogP) is 3.58. The lowest BCUT2D eigenvalue weighted by atomic mass is 10.1. The summed E-state index contributed by atoms with van der Waals surface area (Å²) in [4.78, 5) is 2.86. The molecular weight excluding hydrogens is 346 g/mol. The largest absolute Gasteiger partial charge is 0.391 e. The molecule has 0 aromatic heterocycles. The number of hydrogen-bond donors (Lipinski definition) is 1. The summed E-state index contributed by atoms with van der Waals surface area (Å²) in [6, 6.07) is 19.5. The lowest BCUT2D eigenvalue weighted by Crippen LogP contribution is -2.24. The van der Waals surface area contributed by atoms with Gasteiger partial charge in [-0.05, 0) is 16.7 Å². The van der Waals surface area contributed by atoms with Gasteiger partial charge in [0.1, 0.15) is 0 Å². The number of benzene rings is 2. The van der Waals surface area contributed by atoms with Crippen molar-refractivity contribution in [1.82, 2.24) is 0 Å². The zero-order valence-electron chi connectivity index (χ0n) is 15.0.